The summed E-state index contributed by atoms with van der Waals surface area (Å²) in [5.41, 5.74) is -0.634. The van der Waals surface area contributed by atoms with Gasteiger partial charge in [0.1, 0.15) is 18.2 Å². The molecule has 19 heavy (non-hydrogen) atoms. The van der Waals surface area contributed by atoms with Gasteiger partial charge < -0.3 is 20.1 Å². The number of carbonyl (C=O) groups is 3. The summed E-state index contributed by atoms with van der Waals surface area (Å²) in [5, 5.41) is 4.72. The lowest BCUT2D eigenvalue weighted by Crippen LogP contribution is -2.47. The van der Waals surface area contributed by atoms with Gasteiger partial charge in [-0.1, -0.05) is 0 Å². The van der Waals surface area contributed by atoms with E-state index in [1.165, 1.54) is 6.92 Å². The summed E-state index contributed by atoms with van der Waals surface area (Å²) in [5.74, 6) is -1.01. The molecule has 0 heterocycles. The molecular formula is C12H22N2O5. The van der Waals surface area contributed by atoms with Crippen molar-refractivity contribution in [3.05, 3.63) is 0 Å². The number of hydrogen-bond donors (Lipinski definition) is 2. The van der Waals surface area contributed by atoms with Crippen LogP contribution in [0.4, 0.5) is 4.79 Å². The van der Waals surface area contributed by atoms with Crippen LogP contribution in [0.25, 0.3) is 0 Å². The van der Waals surface area contributed by atoms with E-state index in [0.717, 1.165) is 0 Å². The minimum absolute atomic E-state index is 0.229. The molecule has 7 heteroatoms. The van der Waals surface area contributed by atoms with Gasteiger partial charge in [-0.15, -0.1) is 0 Å². The maximum atomic E-state index is 11.6. The van der Waals surface area contributed by atoms with Crippen LogP contribution in [-0.2, 0) is 19.1 Å². The maximum Gasteiger partial charge on any atom is 0.408 e. The van der Waals surface area contributed by atoms with Crippen molar-refractivity contribution in [3.8, 4) is 0 Å². The number of nitrogens with one attached hydrogen (secondary N) is 2. The number of carbonyl (C=O) groups excluding carboxylic acids is 3. The molecule has 0 aliphatic carbocycles. The Kier molecular flexibility index (Phi) is 6.89. The largest absolute Gasteiger partial charge is 0.465 e. The fourth-order valence-electron chi connectivity index (χ4n) is 1.07. The van der Waals surface area contributed by atoms with E-state index in [2.05, 4.69) is 15.4 Å². The zero-order valence-electron chi connectivity index (χ0n) is 12.0. The second-order valence-corrected chi connectivity index (χ2v) is 4.89. The van der Waals surface area contributed by atoms with Crippen molar-refractivity contribution in [2.24, 2.45) is 0 Å². The Hall–Kier alpha value is -1.79. The summed E-state index contributed by atoms with van der Waals surface area (Å²) in [6.07, 6.45) is -0.689. The Morgan fingerprint density at radius 3 is 2.26 bits per heavy atom. The average Bonchev–Trinajstić information content (AvgIpc) is 2.23. The first-order valence-corrected chi connectivity index (χ1v) is 6.08. The highest BCUT2D eigenvalue weighted by Crippen LogP contribution is 2.06. The highest BCUT2D eigenvalue weighted by Gasteiger charge is 2.21. The summed E-state index contributed by atoms with van der Waals surface area (Å²) in [6.45, 7) is 8.35. The summed E-state index contributed by atoms with van der Waals surface area (Å²) >= 11 is 0. The molecule has 0 spiro atoms. The van der Waals surface area contributed by atoms with Crippen molar-refractivity contribution in [3.63, 3.8) is 0 Å². The predicted octanol–water partition coefficient (Wildman–Crippen LogP) is 0.579. The standard InChI is InChI=1S/C12H22N2O5/c1-6-18-9(15)7-13-10(16)8(2)14-11(17)19-12(3,4)5/h8H,6-7H2,1-5H3,(H,13,16)(H,14,17). The lowest BCUT2D eigenvalue weighted by atomic mass is 10.2. The number of amides is 2. The monoisotopic (exact) mass is 274 g/mol. The quantitative estimate of drug-likeness (QED) is 0.715. The van der Waals surface area contributed by atoms with E-state index in [9.17, 15) is 14.4 Å². The minimum atomic E-state index is -0.802. The number of rotatable bonds is 5. The predicted molar refractivity (Wildman–Crippen MR) is 68.5 cm³/mol. The molecular weight excluding hydrogens is 252 g/mol. The molecule has 1 unspecified atom stereocenters. The molecule has 7 nitrogen and oxygen atoms in total. The topological polar surface area (TPSA) is 93.7 Å². The van der Waals surface area contributed by atoms with Gasteiger partial charge in [-0.3, -0.25) is 9.59 Å². The Balaban J connectivity index is 4.07. The lowest BCUT2D eigenvalue weighted by molar-refractivity contribution is -0.143. The molecule has 0 aromatic carbocycles. The van der Waals surface area contributed by atoms with Gasteiger partial charge in [0.2, 0.25) is 5.91 Å². The van der Waals surface area contributed by atoms with E-state index in [0.29, 0.717) is 0 Å². The molecule has 0 rings (SSSR count). The zero-order valence-corrected chi connectivity index (χ0v) is 12.0. The van der Waals surface area contributed by atoms with Crippen LogP contribution in [-0.4, -0.2) is 42.8 Å². The van der Waals surface area contributed by atoms with Gasteiger partial charge >= 0.3 is 12.1 Å². The Morgan fingerprint density at radius 2 is 1.79 bits per heavy atom. The molecule has 0 fully saturated rings. The van der Waals surface area contributed by atoms with Gasteiger partial charge in [0.25, 0.3) is 0 Å². The van der Waals surface area contributed by atoms with E-state index in [-0.39, 0.29) is 13.2 Å². The molecule has 2 N–H and O–H groups in total. The maximum absolute atomic E-state index is 11.6. The molecule has 0 aliphatic heterocycles. The summed E-state index contributed by atoms with van der Waals surface area (Å²) in [7, 11) is 0. The summed E-state index contributed by atoms with van der Waals surface area (Å²) in [6, 6.07) is -0.802. The van der Waals surface area contributed by atoms with Crippen LogP contribution in [0.2, 0.25) is 0 Å². The van der Waals surface area contributed by atoms with Crippen molar-refractivity contribution in [1.29, 1.82) is 0 Å². The SMILES string of the molecule is CCOC(=O)CNC(=O)C(C)NC(=O)OC(C)(C)C. The van der Waals surface area contributed by atoms with Gasteiger partial charge in [-0.05, 0) is 34.6 Å². The van der Waals surface area contributed by atoms with E-state index < -0.39 is 29.6 Å². The van der Waals surface area contributed by atoms with Gasteiger partial charge in [0, 0.05) is 0 Å². The smallest absolute Gasteiger partial charge is 0.408 e. The van der Waals surface area contributed by atoms with Crippen LogP contribution in [0.3, 0.4) is 0 Å². The number of alkyl carbamates (subject to hydrolysis) is 1. The minimum Gasteiger partial charge on any atom is -0.465 e. The van der Waals surface area contributed by atoms with Crippen LogP contribution >= 0.6 is 0 Å². The van der Waals surface area contributed by atoms with Crippen molar-refractivity contribution >= 4 is 18.0 Å². The van der Waals surface area contributed by atoms with Gasteiger partial charge in [-0.25, -0.2) is 4.79 Å². The third-order valence-corrected chi connectivity index (χ3v) is 1.84. The third-order valence-electron chi connectivity index (χ3n) is 1.84. The second kappa shape index (κ2) is 7.60. The molecule has 0 radical (unpaired) electrons. The first kappa shape index (κ1) is 17.2. The second-order valence-electron chi connectivity index (χ2n) is 4.89. The average molecular weight is 274 g/mol. The van der Waals surface area contributed by atoms with Crippen LogP contribution < -0.4 is 10.6 Å². The van der Waals surface area contributed by atoms with Crippen LogP contribution in [0.15, 0.2) is 0 Å². The number of esters is 1. The lowest BCUT2D eigenvalue weighted by Gasteiger charge is -2.21. The molecule has 0 bridgehead atoms. The van der Waals surface area contributed by atoms with Crippen molar-refractivity contribution in [1.82, 2.24) is 10.6 Å². The van der Waals surface area contributed by atoms with Crippen LogP contribution in [0, 0.1) is 0 Å². The Bertz CT molecular complexity index is 336. The van der Waals surface area contributed by atoms with Crippen molar-refractivity contribution in [2.75, 3.05) is 13.2 Å². The van der Waals surface area contributed by atoms with Crippen LogP contribution in [0.5, 0.6) is 0 Å². The van der Waals surface area contributed by atoms with Crippen molar-refractivity contribution < 1.29 is 23.9 Å². The molecule has 0 aromatic heterocycles. The molecule has 0 saturated heterocycles. The molecule has 0 saturated carbocycles. The van der Waals surface area contributed by atoms with E-state index in [4.69, 9.17) is 4.74 Å². The van der Waals surface area contributed by atoms with Gasteiger partial charge in [0.05, 0.1) is 6.61 Å². The number of ether oxygens (including phenoxy) is 2. The molecule has 1 atom stereocenters. The zero-order chi connectivity index (χ0) is 15.1. The molecule has 0 aliphatic rings. The van der Waals surface area contributed by atoms with Gasteiger partial charge in [-0.2, -0.15) is 0 Å². The molecule has 2 amide bonds. The fourth-order valence-corrected chi connectivity index (χ4v) is 1.07. The first-order chi connectivity index (χ1) is 8.65. The van der Waals surface area contributed by atoms with E-state index in [1.54, 1.807) is 27.7 Å². The normalized spacial score (nSPS) is 12.3. The summed E-state index contributed by atoms with van der Waals surface area (Å²) < 4.78 is 9.65. The molecule has 110 valence electrons. The Labute approximate surface area is 113 Å². The fraction of sp³-hybridized carbons (Fsp3) is 0.750. The Morgan fingerprint density at radius 1 is 1.21 bits per heavy atom. The van der Waals surface area contributed by atoms with Crippen LogP contribution in [0.1, 0.15) is 34.6 Å². The third kappa shape index (κ3) is 8.87. The molecule has 0 aromatic rings. The van der Waals surface area contributed by atoms with E-state index in [1.807, 2.05) is 0 Å². The van der Waals surface area contributed by atoms with Crippen molar-refractivity contribution in [2.45, 2.75) is 46.3 Å². The highest BCUT2D eigenvalue weighted by molar-refractivity contribution is 5.87. The number of hydrogen-bond acceptors (Lipinski definition) is 5. The van der Waals surface area contributed by atoms with E-state index >= 15 is 0 Å². The summed E-state index contributed by atoms with van der Waals surface area (Å²) in [4.78, 5) is 34.0. The highest BCUT2D eigenvalue weighted by atomic mass is 16.6. The van der Waals surface area contributed by atoms with Gasteiger partial charge in [0.15, 0.2) is 0 Å². The first-order valence-electron chi connectivity index (χ1n) is 6.08.